The number of benzene rings is 1. The van der Waals surface area contributed by atoms with E-state index in [4.69, 9.17) is 11.6 Å². The van der Waals surface area contributed by atoms with E-state index < -0.39 is 0 Å². The predicted molar refractivity (Wildman–Crippen MR) is 61.5 cm³/mol. The number of hydrogen-bond donors (Lipinski definition) is 1. The summed E-state index contributed by atoms with van der Waals surface area (Å²) >= 11 is 5.65. The van der Waals surface area contributed by atoms with Gasteiger partial charge in [0, 0.05) is 23.2 Å². The second-order valence-electron chi connectivity index (χ2n) is 3.75. The van der Waals surface area contributed by atoms with Crippen LogP contribution in [0.2, 0.25) is 5.02 Å². The number of hydrogen-bond acceptors (Lipinski definition) is 1. The molecule has 1 aromatic rings. The van der Waals surface area contributed by atoms with Gasteiger partial charge in [-0.25, -0.2) is 4.39 Å². The minimum absolute atomic E-state index is 0.273. The lowest BCUT2D eigenvalue weighted by Gasteiger charge is -1.98. The van der Waals surface area contributed by atoms with Crippen LogP contribution in [0, 0.1) is 5.82 Å². The average molecular weight is 226 g/mol. The molecule has 1 aromatic carbocycles. The van der Waals surface area contributed by atoms with Crippen LogP contribution < -0.4 is 5.32 Å². The van der Waals surface area contributed by atoms with Crippen LogP contribution >= 0.6 is 11.6 Å². The third kappa shape index (κ3) is 3.33. The summed E-state index contributed by atoms with van der Waals surface area (Å²) in [6.07, 6.45) is 6.25. The van der Waals surface area contributed by atoms with Gasteiger partial charge in [0.05, 0.1) is 0 Å². The first-order chi connectivity index (χ1) is 7.25. The Balaban J connectivity index is 1.90. The zero-order valence-corrected chi connectivity index (χ0v) is 9.10. The molecule has 1 fully saturated rings. The van der Waals surface area contributed by atoms with Crippen LogP contribution in [0.5, 0.6) is 0 Å². The summed E-state index contributed by atoms with van der Waals surface area (Å²) in [6, 6.07) is 5.39. The highest BCUT2D eigenvalue weighted by atomic mass is 35.5. The van der Waals surface area contributed by atoms with Crippen LogP contribution in [0.15, 0.2) is 24.3 Å². The number of halogens is 2. The van der Waals surface area contributed by atoms with Crippen molar-refractivity contribution in [3.63, 3.8) is 0 Å². The second kappa shape index (κ2) is 4.77. The molecule has 1 aliphatic rings. The van der Waals surface area contributed by atoms with Crippen molar-refractivity contribution in [2.45, 2.75) is 18.9 Å². The minimum Gasteiger partial charge on any atom is -0.311 e. The van der Waals surface area contributed by atoms with Gasteiger partial charge < -0.3 is 5.32 Å². The molecule has 0 atom stereocenters. The third-order valence-corrected chi connectivity index (χ3v) is 2.60. The maximum absolute atomic E-state index is 13.3. The fourth-order valence-corrected chi connectivity index (χ4v) is 1.50. The van der Waals surface area contributed by atoms with Crippen LogP contribution in [-0.4, -0.2) is 12.6 Å². The van der Waals surface area contributed by atoms with Crippen LogP contribution in [0.4, 0.5) is 4.39 Å². The Kier molecular flexibility index (Phi) is 3.39. The van der Waals surface area contributed by atoms with Gasteiger partial charge in [-0.2, -0.15) is 0 Å². The summed E-state index contributed by atoms with van der Waals surface area (Å²) < 4.78 is 13.3. The van der Waals surface area contributed by atoms with Crippen molar-refractivity contribution in [1.29, 1.82) is 0 Å². The largest absolute Gasteiger partial charge is 0.311 e. The Hall–Kier alpha value is -0.860. The van der Waals surface area contributed by atoms with Crippen molar-refractivity contribution in [1.82, 2.24) is 5.32 Å². The van der Waals surface area contributed by atoms with E-state index in [-0.39, 0.29) is 5.82 Å². The quantitative estimate of drug-likeness (QED) is 0.830. The summed E-state index contributed by atoms with van der Waals surface area (Å²) in [5.74, 6) is -0.273. The molecule has 1 nitrogen and oxygen atoms in total. The zero-order chi connectivity index (χ0) is 10.7. The first-order valence-corrected chi connectivity index (χ1v) is 5.48. The van der Waals surface area contributed by atoms with Crippen LogP contribution in [-0.2, 0) is 0 Å². The molecular weight excluding hydrogens is 213 g/mol. The second-order valence-corrected chi connectivity index (χ2v) is 4.19. The highest BCUT2D eigenvalue weighted by Gasteiger charge is 2.18. The van der Waals surface area contributed by atoms with Crippen molar-refractivity contribution in [2.75, 3.05) is 6.54 Å². The van der Waals surface area contributed by atoms with E-state index in [1.807, 2.05) is 6.08 Å². The van der Waals surface area contributed by atoms with Crippen molar-refractivity contribution in [2.24, 2.45) is 0 Å². The van der Waals surface area contributed by atoms with Crippen LogP contribution in [0.3, 0.4) is 0 Å². The SMILES string of the molecule is Fc1cc(Cl)ccc1/C=C/CNC1CC1. The molecule has 0 aliphatic heterocycles. The van der Waals surface area contributed by atoms with Crippen molar-refractivity contribution in [3.8, 4) is 0 Å². The van der Waals surface area contributed by atoms with Gasteiger partial charge >= 0.3 is 0 Å². The van der Waals surface area contributed by atoms with Gasteiger partial charge in [-0.15, -0.1) is 0 Å². The van der Waals surface area contributed by atoms with Crippen LogP contribution in [0.25, 0.3) is 6.08 Å². The summed E-state index contributed by atoms with van der Waals surface area (Å²) in [7, 11) is 0. The van der Waals surface area contributed by atoms with Gasteiger partial charge in [0.1, 0.15) is 5.82 Å². The number of rotatable bonds is 4. The highest BCUT2D eigenvalue weighted by Crippen LogP contribution is 2.18. The van der Waals surface area contributed by atoms with E-state index in [0.29, 0.717) is 16.6 Å². The fourth-order valence-electron chi connectivity index (χ4n) is 1.34. The molecule has 80 valence electrons. The number of nitrogens with one attached hydrogen (secondary N) is 1. The Morgan fingerprint density at radius 2 is 2.27 bits per heavy atom. The van der Waals surface area contributed by atoms with Gasteiger partial charge in [-0.3, -0.25) is 0 Å². The lowest BCUT2D eigenvalue weighted by Crippen LogP contribution is -2.15. The topological polar surface area (TPSA) is 12.0 Å². The van der Waals surface area contributed by atoms with E-state index in [1.165, 1.54) is 18.9 Å². The van der Waals surface area contributed by atoms with Crippen molar-refractivity contribution in [3.05, 3.63) is 40.7 Å². The van der Waals surface area contributed by atoms with E-state index in [9.17, 15) is 4.39 Å². The molecule has 0 spiro atoms. The molecule has 1 saturated carbocycles. The molecule has 0 saturated heterocycles. The Bertz CT molecular complexity index is 372. The molecule has 15 heavy (non-hydrogen) atoms. The Morgan fingerprint density at radius 3 is 2.93 bits per heavy atom. The first-order valence-electron chi connectivity index (χ1n) is 5.10. The van der Waals surface area contributed by atoms with Gasteiger partial charge in [0.2, 0.25) is 0 Å². The van der Waals surface area contributed by atoms with Gasteiger partial charge in [0.15, 0.2) is 0 Å². The first kappa shape index (κ1) is 10.7. The van der Waals surface area contributed by atoms with E-state index >= 15 is 0 Å². The predicted octanol–water partition coefficient (Wildman–Crippen LogP) is 3.24. The Labute approximate surface area is 93.9 Å². The summed E-state index contributed by atoms with van der Waals surface area (Å²) in [6.45, 7) is 0.798. The average Bonchev–Trinajstić information content (AvgIpc) is 2.99. The molecule has 0 heterocycles. The summed E-state index contributed by atoms with van der Waals surface area (Å²) in [5, 5.41) is 3.75. The maximum Gasteiger partial charge on any atom is 0.131 e. The molecule has 2 rings (SSSR count). The molecule has 0 aromatic heterocycles. The zero-order valence-electron chi connectivity index (χ0n) is 8.34. The van der Waals surface area contributed by atoms with Gasteiger partial charge in [-0.05, 0) is 25.0 Å². The van der Waals surface area contributed by atoms with Gasteiger partial charge in [-0.1, -0.05) is 29.8 Å². The smallest absolute Gasteiger partial charge is 0.131 e. The van der Waals surface area contributed by atoms with Crippen molar-refractivity contribution >= 4 is 17.7 Å². The maximum atomic E-state index is 13.3. The van der Waals surface area contributed by atoms with E-state index in [0.717, 1.165) is 6.54 Å². The molecular formula is C12H13ClFN. The molecule has 1 aliphatic carbocycles. The fraction of sp³-hybridized carbons (Fsp3) is 0.333. The summed E-state index contributed by atoms with van der Waals surface area (Å²) in [5.41, 5.74) is 0.581. The molecule has 3 heteroatoms. The van der Waals surface area contributed by atoms with E-state index in [1.54, 1.807) is 18.2 Å². The Morgan fingerprint density at radius 1 is 1.47 bits per heavy atom. The van der Waals surface area contributed by atoms with Gasteiger partial charge in [0.25, 0.3) is 0 Å². The molecule has 0 bridgehead atoms. The molecule has 0 radical (unpaired) electrons. The van der Waals surface area contributed by atoms with Crippen molar-refractivity contribution < 1.29 is 4.39 Å². The molecule has 0 unspecified atom stereocenters. The highest BCUT2D eigenvalue weighted by molar-refractivity contribution is 6.30. The standard InChI is InChI=1S/C12H13ClFN/c13-10-4-3-9(12(14)8-10)2-1-7-15-11-5-6-11/h1-4,8,11,15H,5-7H2/b2-1+. The molecule has 1 N–H and O–H groups in total. The van der Waals surface area contributed by atoms with Crippen LogP contribution in [0.1, 0.15) is 18.4 Å². The van der Waals surface area contributed by atoms with E-state index in [2.05, 4.69) is 5.32 Å². The normalized spacial score (nSPS) is 16.1. The lowest BCUT2D eigenvalue weighted by atomic mass is 10.2. The lowest BCUT2D eigenvalue weighted by molar-refractivity contribution is 0.625. The monoisotopic (exact) mass is 225 g/mol. The summed E-state index contributed by atoms with van der Waals surface area (Å²) in [4.78, 5) is 0. The third-order valence-electron chi connectivity index (χ3n) is 2.36. The molecule has 0 amide bonds. The minimum atomic E-state index is -0.273.